The first-order chi connectivity index (χ1) is 15.6. The minimum atomic E-state index is -0.843. The van der Waals surface area contributed by atoms with Gasteiger partial charge in [-0.25, -0.2) is 4.57 Å². The molecule has 0 saturated carbocycles. The summed E-state index contributed by atoms with van der Waals surface area (Å²) < 4.78 is 13.0. The maximum atomic E-state index is 13.3. The second-order valence-electron chi connectivity index (χ2n) is 7.56. The number of carbonyl (C=O) groups is 2. The molecule has 0 spiro atoms. The highest BCUT2D eigenvalue weighted by Gasteiger charge is 2.45. The molecule has 1 N–H and O–H groups in total. The molecule has 8 heteroatoms. The Bertz CT molecular complexity index is 1090. The molecule has 1 aliphatic rings. The summed E-state index contributed by atoms with van der Waals surface area (Å²) >= 11 is 0. The summed E-state index contributed by atoms with van der Waals surface area (Å²) in [6.07, 6.45) is 8.46. The molecule has 1 unspecified atom stereocenters. The van der Waals surface area contributed by atoms with Gasteiger partial charge in [0.15, 0.2) is 0 Å². The van der Waals surface area contributed by atoms with Gasteiger partial charge in [-0.15, -0.1) is 0 Å². The van der Waals surface area contributed by atoms with E-state index in [1.54, 1.807) is 42.6 Å². The molecule has 2 aromatic heterocycles. The van der Waals surface area contributed by atoms with E-state index in [0.717, 1.165) is 6.42 Å². The number of aromatic nitrogens is 2. The quantitative estimate of drug-likeness (QED) is 0.240. The summed E-state index contributed by atoms with van der Waals surface area (Å²) in [4.78, 5) is 30.2. The zero-order valence-electron chi connectivity index (χ0n) is 17.8. The monoisotopic (exact) mass is 435 g/mol. The van der Waals surface area contributed by atoms with Crippen LogP contribution in [-0.2, 0) is 16.1 Å². The lowest BCUT2D eigenvalue weighted by Crippen LogP contribution is -2.36. The third kappa shape index (κ3) is 4.30. The van der Waals surface area contributed by atoms with Crippen molar-refractivity contribution in [3.8, 4) is 5.75 Å². The van der Waals surface area contributed by atoms with Gasteiger partial charge < -0.3 is 19.2 Å². The molecule has 166 valence electrons. The van der Waals surface area contributed by atoms with E-state index in [1.807, 2.05) is 24.0 Å². The summed E-state index contributed by atoms with van der Waals surface area (Å²) in [7, 11) is 0. The van der Waals surface area contributed by atoms with Crippen LogP contribution < -0.4 is 14.4 Å². The number of ketones is 1. The number of benzene rings is 1. The van der Waals surface area contributed by atoms with Gasteiger partial charge >= 0.3 is 0 Å². The fourth-order valence-corrected chi connectivity index (χ4v) is 3.80. The molecule has 1 amide bonds. The molecular weight excluding hydrogens is 410 g/mol. The molecule has 0 bridgehead atoms. The molecule has 1 aliphatic heterocycles. The Labute approximate surface area is 185 Å². The highest BCUT2D eigenvalue weighted by molar-refractivity contribution is 6.46. The molecule has 8 nitrogen and oxygen atoms in total. The van der Waals surface area contributed by atoms with Crippen molar-refractivity contribution in [2.24, 2.45) is 0 Å². The Morgan fingerprint density at radius 2 is 2.06 bits per heavy atom. The number of hydrogen-bond donors (Lipinski definition) is 1. The first-order valence-electron chi connectivity index (χ1n) is 10.6. The standard InChI is InChI=1S/C24H25N3O5/c1-2-14-31-18-8-6-17(7-9-18)22(28)20-21(19-5-3-15-32-19)27(24(30)23(20)29)12-4-11-26-13-10-25-16-26/h3,5-10,13,15-16,21H,2,4,11-12,14H2,1H3,(H,28,29). The fraction of sp³-hybridized carbons (Fsp3) is 0.292. The van der Waals surface area contributed by atoms with Crippen molar-refractivity contribution in [2.45, 2.75) is 32.4 Å². The van der Waals surface area contributed by atoms with Gasteiger partial charge in [0.25, 0.3) is 5.91 Å². The molecule has 32 heavy (non-hydrogen) atoms. The molecule has 4 rings (SSSR count). The molecule has 1 atom stereocenters. The van der Waals surface area contributed by atoms with E-state index in [1.165, 1.54) is 11.2 Å². The zero-order chi connectivity index (χ0) is 22.5. The fourth-order valence-electron chi connectivity index (χ4n) is 3.80. The molecular formula is C24H25N3O5. The third-order valence-corrected chi connectivity index (χ3v) is 5.35. The Hall–Kier alpha value is -3.81. The van der Waals surface area contributed by atoms with Crippen LogP contribution >= 0.6 is 0 Å². The number of nitrogens with one attached hydrogen (secondary N) is 1. The number of amides is 1. The molecule has 3 heterocycles. The molecule has 1 saturated heterocycles. The minimum absolute atomic E-state index is 0.0820. The second-order valence-corrected chi connectivity index (χ2v) is 7.56. The van der Waals surface area contributed by atoms with Crippen molar-refractivity contribution >= 4 is 17.4 Å². The van der Waals surface area contributed by atoms with Crippen LogP contribution in [0.3, 0.4) is 0 Å². The topological polar surface area (TPSA) is 102 Å². The lowest BCUT2D eigenvalue weighted by molar-refractivity contribution is -0.695. The lowest BCUT2D eigenvalue weighted by atomic mass is 9.99. The third-order valence-electron chi connectivity index (χ3n) is 5.35. The number of furan rings is 1. The van der Waals surface area contributed by atoms with Crippen molar-refractivity contribution < 1.29 is 28.4 Å². The van der Waals surface area contributed by atoms with Gasteiger partial charge in [0.1, 0.15) is 29.9 Å². The van der Waals surface area contributed by atoms with Crippen LogP contribution in [0.15, 0.2) is 71.4 Å². The number of ether oxygens (including phenoxy) is 1. The number of aryl methyl sites for hydroxylation is 1. The molecule has 3 aromatic rings. The molecule has 0 aliphatic carbocycles. The van der Waals surface area contributed by atoms with E-state index < -0.39 is 23.5 Å². The predicted octanol–water partition coefficient (Wildman–Crippen LogP) is 2.00. The number of nitrogens with zero attached hydrogens (tertiary/aromatic N) is 2. The Kier molecular flexibility index (Phi) is 6.39. The van der Waals surface area contributed by atoms with Crippen molar-refractivity contribution in [3.63, 3.8) is 0 Å². The van der Waals surface area contributed by atoms with Crippen molar-refractivity contribution in [1.82, 2.24) is 9.88 Å². The number of aromatic amines is 1. The van der Waals surface area contributed by atoms with Gasteiger partial charge in [-0.2, -0.15) is 0 Å². The average molecular weight is 435 g/mol. The summed E-state index contributed by atoms with van der Waals surface area (Å²) in [5.41, 5.74) is 0.243. The number of likely N-dealkylation sites (tertiary alicyclic amines) is 1. The van der Waals surface area contributed by atoms with Crippen LogP contribution in [-0.4, -0.2) is 34.7 Å². The second kappa shape index (κ2) is 9.55. The zero-order valence-corrected chi connectivity index (χ0v) is 17.8. The number of imidazole rings is 1. The van der Waals surface area contributed by atoms with Crippen LogP contribution in [0, 0.1) is 0 Å². The van der Waals surface area contributed by atoms with E-state index in [4.69, 9.17) is 9.15 Å². The number of Topliss-reactive ketones (excluding diaryl/α,β-unsaturated/α-hetero) is 1. The highest BCUT2D eigenvalue weighted by atomic mass is 16.5. The summed E-state index contributed by atoms with van der Waals surface area (Å²) in [5.74, 6) is -0.901. The number of H-pyrrole nitrogens is 1. The lowest BCUT2D eigenvalue weighted by Gasteiger charge is -2.25. The largest absolute Gasteiger partial charge is 0.872 e. The number of carbonyl (C=O) groups excluding carboxylic acids is 2. The average Bonchev–Trinajstić information content (AvgIpc) is 3.56. The van der Waals surface area contributed by atoms with Gasteiger partial charge in [-0.05, 0) is 36.2 Å². The maximum Gasteiger partial charge on any atom is 0.295 e. The Morgan fingerprint density at radius 1 is 1.25 bits per heavy atom. The van der Waals surface area contributed by atoms with Crippen LogP contribution in [0.2, 0.25) is 0 Å². The van der Waals surface area contributed by atoms with Crippen LogP contribution in [0.4, 0.5) is 0 Å². The Balaban J connectivity index is 1.63. The normalized spacial score (nSPS) is 17.8. The van der Waals surface area contributed by atoms with Gasteiger partial charge in [0.2, 0.25) is 12.1 Å². The van der Waals surface area contributed by atoms with E-state index in [0.29, 0.717) is 43.2 Å². The van der Waals surface area contributed by atoms with Gasteiger partial charge in [0.05, 0.1) is 19.4 Å². The van der Waals surface area contributed by atoms with E-state index in [2.05, 4.69) is 4.98 Å². The first kappa shape index (κ1) is 21.4. The van der Waals surface area contributed by atoms with Gasteiger partial charge in [0, 0.05) is 18.5 Å². The van der Waals surface area contributed by atoms with Gasteiger partial charge in [-0.3, -0.25) is 14.6 Å². The van der Waals surface area contributed by atoms with Crippen LogP contribution in [0.5, 0.6) is 5.75 Å². The van der Waals surface area contributed by atoms with Crippen molar-refractivity contribution in [3.05, 3.63) is 78.3 Å². The highest BCUT2D eigenvalue weighted by Crippen LogP contribution is 2.39. The summed E-state index contributed by atoms with van der Waals surface area (Å²) in [6, 6.07) is 9.13. The van der Waals surface area contributed by atoms with Gasteiger partial charge in [-0.1, -0.05) is 24.8 Å². The SMILES string of the molecule is CCCOc1ccc(C([O-])=C2C(=O)C(=O)N(CCC[n+]3cc[nH]c3)C2c2ccco2)cc1. The van der Waals surface area contributed by atoms with E-state index in [9.17, 15) is 14.7 Å². The maximum absolute atomic E-state index is 13.3. The Morgan fingerprint density at radius 3 is 2.72 bits per heavy atom. The van der Waals surface area contributed by atoms with Crippen LogP contribution in [0.25, 0.3) is 5.76 Å². The minimum Gasteiger partial charge on any atom is -0.872 e. The van der Waals surface area contributed by atoms with E-state index in [-0.39, 0.29) is 5.57 Å². The smallest absolute Gasteiger partial charge is 0.295 e. The molecule has 1 aromatic carbocycles. The predicted molar refractivity (Wildman–Crippen MR) is 113 cm³/mol. The summed E-state index contributed by atoms with van der Waals surface area (Å²) in [6.45, 7) is 3.56. The molecule has 0 radical (unpaired) electrons. The van der Waals surface area contributed by atoms with Crippen LogP contribution in [0.1, 0.15) is 37.1 Å². The molecule has 1 fully saturated rings. The van der Waals surface area contributed by atoms with Crippen molar-refractivity contribution in [1.29, 1.82) is 0 Å². The first-order valence-corrected chi connectivity index (χ1v) is 10.6. The van der Waals surface area contributed by atoms with E-state index >= 15 is 0 Å². The number of rotatable bonds is 9. The number of hydrogen-bond acceptors (Lipinski definition) is 5. The summed E-state index contributed by atoms with van der Waals surface area (Å²) in [5, 5.41) is 13.3. The van der Waals surface area contributed by atoms with Crippen molar-refractivity contribution in [2.75, 3.05) is 13.2 Å².